The van der Waals surface area contributed by atoms with Gasteiger partial charge in [-0.2, -0.15) is 4.31 Å². The molecule has 0 N–H and O–H groups in total. The molecule has 1 fully saturated rings. The van der Waals surface area contributed by atoms with Crippen LogP contribution in [0.2, 0.25) is 0 Å². The maximum Gasteiger partial charge on any atom is 0.243 e. The van der Waals surface area contributed by atoms with Gasteiger partial charge in [0.1, 0.15) is 11.9 Å². The fourth-order valence-corrected chi connectivity index (χ4v) is 4.54. The third-order valence-electron chi connectivity index (χ3n) is 4.18. The molecule has 2 heterocycles. The number of methoxy groups -OCH3 is 1. The van der Waals surface area contributed by atoms with Crippen molar-refractivity contribution in [2.24, 2.45) is 0 Å². The summed E-state index contributed by atoms with van der Waals surface area (Å²) in [6.07, 6.45) is 3.52. The summed E-state index contributed by atoms with van der Waals surface area (Å²) in [6.45, 7) is 1.97. The lowest BCUT2D eigenvalue weighted by molar-refractivity contribution is 0.214. The molecule has 25 heavy (non-hydrogen) atoms. The SMILES string of the molecule is COc1ccc(S(=O)(=O)N2CCC(Oc3cccnc3)C2)c(C)c1F. The second-order valence-electron chi connectivity index (χ2n) is 5.79. The molecule has 0 radical (unpaired) electrons. The number of halogens is 1. The van der Waals surface area contributed by atoms with Crippen molar-refractivity contribution in [2.45, 2.75) is 24.3 Å². The van der Waals surface area contributed by atoms with Crippen molar-refractivity contribution in [3.05, 3.63) is 48.0 Å². The van der Waals surface area contributed by atoms with Gasteiger partial charge in [0, 0.05) is 18.3 Å². The molecule has 2 aromatic rings. The van der Waals surface area contributed by atoms with E-state index in [2.05, 4.69) is 4.98 Å². The highest BCUT2D eigenvalue weighted by Crippen LogP contribution is 2.30. The first-order valence-corrected chi connectivity index (χ1v) is 9.27. The molecule has 1 aromatic heterocycles. The van der Waals surface area contributed by atoms with E-state index in [4.69, 9.17) is 9.47 Å². The minimum Gasteiger partial charge on any atom is -0.494 e. The normalized spacial score (nSPS) is 18.3. The molecule has 0 spiro atoms. The van der Waals surface area contributed by atoms with Crippen LogP contribution < -0.4 is 9.47 Å². The highest BCUT2D eigenvalue weighted by Gasteiger charge is 2.35. The van der Waals surface area contributed by atoms with Crippen LogP contribution in [0.15, 0.2) is 41.6 Å². The van der Waals surface area contributed by atoms with Crippen molar-refractivity contribution in [3.8, 4) is 11.5 Å². The van der Waals surface area contributed by atoms with Gasteiger partial charge in [0.25, 0.3) is 0 Å². The molecular weight excluding hydrogens is 347 g/mol. The van der Waals surface area contributed by atoms with Crippen LogP contribution in [-0.2, 0) is 10.0 Å². The van der Waals surface area contributed by atoms with E-state index in [1.54, 1.807) is 24.5 Å². The van der Waals surface area contributed by atoms with Gasteiger partial charge < -0.3 is 9.47 Å². The number of aromatic nitrogens is 1. The lowest BCUT2D eigenvalue weighted by atomic mass is 10.2. The summed E-state index contributed by atoms with van der Waals surface area (Å²) in [5.41, 5.74) is 0.0518. The molecule has 1 aliphatic heterocycles. The monoisotopic (exact) mass is 366 g/mol. The van der Waals surface area contributed by atoms with Crippen LogP contribution in [0.25, 0.3) is 0 Å². The number of hydrogen-bond acceptors (Lipinski definition) is 5. The Bertz CT molecular complexity index is 858. The Hall–Kier alpha value is -2.19. The van der Waals surface area contributed by atoms with Gasteiger partial charge in [-0.15, -0.1) is 0 Å². The summed E-state index contributed by atoms with van der Waals surface area (Å²) >= 11 is 0. The smallest absolute Gasteiger partial charge is 0.243 e. The van der Waals surface area contributed by atoms with Crippen LogP contribution in [0.1, 0.15) is 12.0 Å². The van der Waals surface area contributed by atoms with Crippen molar-refractivity contribution in [1.29, 1.82) is 0 Å². The van der Waals surface area contributed by atoms with Gasteiger partial charge in [-0.3, -0.25) is 4.98 Å². The van der Waals surface area contributed by atoms with Crippen molar-refractivity contribution in [1.82, 2.24) is 9.29 Å². The lowest BCUT2D eigenvalue weighted by Gasteiger charge is -2.19. The third-order valence-corrected chi connectivity index (χ3v) is 6.19. The zero-order valence-electron chi connectivity index (χ0n) is 14.0. The summed E-state index contributed by atoms with van der Waals surface area (Å²) in [6, 6.07) is 6.23. The molecule has 134 valence electrons. The number of nitrogens with zero attached hydrogens (tertiary/aromatic N) is 2. The molecule has 0 saturated carbocycles. The summed E-state index contributed by atoms with van der Waals surface area (Å²) in [4.78, 5) is 3.92. The lowest BCUT2D eigenvalue weighted by Crippen LogP contribution is -2.31. The summed E-state index contributed by atoms with van der Waals surface area (Å²) in [7, 11) is -2.46. The molecule has 0 amide bonds. The molecular formula is C17H19FN2O4S. The zero-order valence-corrected chi connectivity index (χ0v) is 14.8. The minimum absolute atomic E-state index is 0.0238. The highest BCUT2D eigenvalue weighted by atomic mass is 32.2. The van der Waals surface area contributed by atoms with Gasteiger partial charge in [0.05, 0.1) is 24.7 Å². The predicted octanol–water partition coefficient (Wildman–Crippen LogP) is 2.38. The average Bonchev–Trinajstić information content (AvgIpc) is 3.07. The van der Waals surface area contributed by atoms with E-state index < -0.39 is 15.8 Å². The van der Waals surface area contributed by atoms with Crippen molar-refractivity contribution >= 4 is 10.0 Å². The van der Waals surface area contributed by atoms with Gasteiger partial charge in [0.15, 0.2) is 11.6 Å². The van der Waals surface area contributed by atoms with Crippen molar-refractivity contribution in [3.63, 3.8) is 0 Å². The van der Waals surface area contributed by atoms with E-state index in [0.29, 0.717) is 18.7 Å². The van der Waals surface area contributed by atoms with Crippen LogP contribution >= 0.6 is 0 Å². The van der Waals surface area contributed by atoms with Crippen molar-refractivity contribution in [2.75, 3.05) is 20.2 Å². The van der Waals surface area contributed by atoms with Gasteiger partial charge in [-0.25, -0.2) is 12.8 Å². The zero-order chi connectivity index (χ0) is 18.0. The predicted molar refractivity (Wildman–Crippen MR) is 89.7 cm³/mol. The molecule has 8 heteroatoms. The Morgan fingerprint density at radius 1 is 1.32 bits per heavy atom. The Labute approximate surface area is 146 Å². The Morgan fingerprint density at radius 2 is 2.12 bits per heavy atom. The first kappa shape index (κ1) is 17.6. The summed E-state index contributed by atoms with van der Waals surface area (Å²) < 4.78 is 51.9. The van der Waals surface area contributed by atoms with E-state index in [-0.39, 0.29) is 28.9 Å². The van der Waals surface area contributed by atoms with Crippen LogP contribution in [0.5, 0.6) is 11.5 Å². The second kappa shape index (κ2) is 6.97. The van der Waals surface area contributed by atoms with Crippen LogP contribution in [0.3, 0.4) is 0 Å². The Morgan fingerprint density at radius 3 is 2.80 bits per heavy atom. The maximum atomic E-state index is 14.2. The van der Waals surface area contributed by atoms with E-state index in [1.165, 1.54) is 30.5 Å². The molecule has 1 saturated heterocycles. The number of pyridine rings is 1. The number of hydrogen-bond donors (Lipinski definition) is 0. The quantitative estimate of drug-likeness (QED) is 0.813. The van der Waals surface area contributed by atoms with Crippen LogP contribution in [-0.4, -0.2) is 44.0 Å². The topological polar surface area (TPSA) is 68.7 Å². The highest BCUT2D eigenvalue weighted by molar-refractivity contribution is 7.89. The second-order valence-corrected chi connectivity index (χ2v) is 7.69. The average molecular weight is 366 g/mol. The Balaban J connectivity index is 1.79. The van der Waals surface area contributed by atoms with Crippen LogP contribution in [0, 0.1) is 12.7 Å². The fraction of sp³-hybridized carbons (Fsp3) is 0.353. The molecule has 1 aromatic carbocycles. The Kier molecular flexibility index (Phi) is 4.91. The van der Waals surface area contributed by atoms with E-state index in [0.717, 1.165) is 0 Å². The van der Waals surface area contributed by atoms with Gasteiger partial charge in [0.2, 0.25) is 10.0 Å². The molecule has 6 nitrogen and oxygen atoms in total. The molecule has 0 aliphatic carbocycles. The van der Waals surface area contributed by atoms with E-state index in [1.807, 2.05) is 0 Å². The van der Waals surface area contributed by atoms with E-state index >= 15 is 0 Å². The summed E-state index contributed by atoms with van der Waals surface area (Å²) in [5.74, 6) is -0.0417. The largest absolute Gasteiger partial charge is 0.494 e. The standard InChI is InChI=1S/C17H19FN2O4S/c1-12-16(6-5-15(23-2)17(12)18)25(21,22)20-9-7-14(11-20)24-13-4-3-8-19-10-13/h3-6,8,10,14H,7,9,11H2,1-2H3. The number of sulfonamides is 1. The molecule has 1 unspecified atom stereocenters. The van der Waals surface area contributed by atoms with Gasteiger partial charge >= 0.3 is 0 Å². The summed E-state index contributed by atoms with van der Waals surface area (Å²) in [5, 5.41) is 0. The van der Waals surface area contributed by atoms with Gasteiger partial charge in [-0.1, -0.05) is 0 Å². The van der Waals surface area contributed by atoms with Crippen LogP contribution in [0.4, 0.5) is 4.39 Å². The number of ether oxygens (including phenoxy) is 2. The molecule has 1 aliphatic rings. The number of benzene rings is 1. The van der Waals surface area contributed by atoms with Crippen molar-refractivity contribution < 1.29 is 22.3 Å². The van der Waals surface area contributed by atoms with E-state index in [9.17, 15) is 12.8 Å². The van der Waals surface area contributed by atoms with Gasteiger partial charge in [-0.05, 0) is 37.6 Å². The molecule has 3 rings (SSSR count). The first-order valence-electron chi connectivity index (χ1n) is 7.83. The molecule has 0 bridgehead atoms. The fourth-order valence-electron chi connectivity index (χ4n) is 2.84. The third kappa shape index (κ3) is 3.45. The first-order chi connectivity index (χ1) is 11.9. The number of rotatable bonds is 5. The molecule has 1 atom stereocenters. The maximum absolute atomic E-state index is 14.2. The minimum atomic E-state index is -3.80.